The van der Waals surface area contributed by atoms with Crippen LogP contribution in [0.25, 0.3) is 0 Å². The first-order valence-corrected chi connectivity index (χ1v) is 11.3. The first kappa shape index (κ1) is 18.2. The van der Waals surface area contributed by atoms with E-state index in [-0.39, 0.29) is 6.03 Å². The molecule has 5 rings (SSSR count). The van der Waals surface area contributed by atoms with Gasteiger partial charge in [-0.2, -0.15) is 0 Å². The van der Waals surface area contributed by atoms with E-state index in [0.29, 0.717) is 18.5 Å². The number of amides is 2. The van der Waals surface area contributed by atoms with Crippen LogP contribution in [0.3, 0.4) is 0 Å². The molecular weight excluding hydrogens is 346 g/mol. The molecule has 3 saturated heterocycles. The van der Waals surface area contributed by atoms with Crippen LogP contribution in [0.15, 0.2) is 42.0 Å². The highest BCUT2D eigenvalue weighted by atomic mass is 16.2. The van der Waals surface area contributed by atoms with Crippen LogP contribution in [-0.2, 0) is 6.42 Å². The van der Waals surface area contributed by atoms with Crippen LogP contribution < -0.4 is 5.32 Å². The van der Waals surface area contributed by atoms with E-state index in [1.807, 2.05) is 6.07 Å². The number of hydrogen-bond donors (Lipinski definition) is 1. The number of nitrogens with one attached hydrogen (secondary N) is 1. The fraction of sp³-hybridized carbons (Fsp3) is 0.625. The third-order valence-electron chi connectivity index (χ3n) is 7.45. The Labute approximate surface area is 169 Å². The van der Waals surface area contributed by atoms with Crippen molar-refractivity contribution in [3.8, 4) is 0 Å². The fourth-order valence-corrected chi connectivity index (χ4v) is 6.26. The predicted octanol–water partition coefficient (Wildman–Crippen LogP) is 3.83. The van der Waals surface area contributed by atoms with Gasteiger partial charge < -0.3 is 10.2 Å². The molecule has 0 radical (unpaired) electrons. The van der Waals surface area contributed by atoms with Crippen molar-refractivity contribution in [2.45, 2.75) is 57.0 Å². The van der Waals surface area contributed by atoms with Gasteiger partial charge in [0.2, 0.25) is 0 Å². The topological polar surface area (TPSA) is 35.6 Å². The number of benzene rings is 1. The van der Waals surface area contributed by atoms with Crippen LogP contribution in [0.5, 0.6) is 0 Å². The number of carbonyl (C=O) groups excluding carboxylic acids is 1. The number of piperidine rings is 3. The maximum Gasteiger partial charge on any atom is 0.317 e. The minimum Gasteiger partial charge on any atom is -0.338 e. The lowest BCUT2D eigenvalue weighted by molar-refractivity contribution is 0.00793. The Hall–Kier alpha value is -1.81. The molecule has 0 spiro atoms. The Morgan fingerprint density at radius 3 is 2.89 bits per heavy atom. The maximum atomic E-state index is 13.1. The smallest absolute Gasteiger partial charge is 0.317 e. The van der Waals surface area contributed by atoms with Crippen LogP contribution >= 0.6 is 0 Å². The summed E-state index contributed by atoms with van der Waals surface area (Å²) in [5.41, 5.74) is 2.85. The molecule has 28 heavy (non-hydrogen) atoms. The van der Waals surface area contributed by atoms with E-state index < -0.39 is 0 Å². The van der Waals surface area contributed by atoms with Crippen molar-refractivity contribution in [2.75, 3.05) is 26.2 Å². The monoisotopic (exact) mass is 379 g/mol. The maximum absolute atomic E-state index is 13.1. The molecule has 2 bridgehead atoms. The SMILES string of the molecule is O=C(NCCc1ccccc1)N1CCCC2=CC3CC(CN4CCCCC34)C21. The number of rotatable bonds is 3. The molecule has 4 heteroatoms. The average Bonchev–Trinajstić information content (AvgIpc) is 2.74. The lowest BCUT2D eigenvalue weighted by Crippen LogP contribution is -2.61. The van der Waals surface area contributed by atoms with E-state index in [1.54, 1.807) is 5.57 Å². The summed E-state index contributed by atoms with van der Waals surface area (Å²) in [5, 5.41) is 3.21. The van der Waals surface area contributed by atoms with E-state index in [1.165, 1.54) is 50.8 Å². The molecule has 2 amide bonds. The largest absolute Gasteiger partial charge is 0.338 e. The van der Waals surface area contributed by atoms with Crippen LogP contribution in [-0.4, -0.2) is 54.1 Å². The van der Waals surface area contributed by atoms with Crippen molar-refractivity contribution in [3.63, 3.8) is 0 Å². The molecule has 4 unspecified atom stereocenters. The van der Waals surface area contributed by atoms with Crippen LogP contribution in [0.4, 0.5) is 4.79 Å². The Balaban J connectivity index is 1.27. The van der Waals surface area contributed by atoms with Gasteiger partial charge in [0, 0.05) is 25.7 Å². The molecule has 0 aromatic heterocycles. The third-order valence-corrected chi connectivity index (χ3v) is 7.45. The van der Waals surface area contributed by atoms with Gasteiger partial charge in [-0.05, 0) is 62.5 Å². The number of nitrogens with zero attached hydrogens (tertiary/aromatic N) is 2. The number of carbonyl (C=O) groups is 1. The summed E-state index contributed by atoms with van der Waals surface area (Å²) in [6.07, 6.45) is 11.2. The van der Waals surface area contributed by atoms with Gasteiger partial charge in [0.15, 0.2) is 0 Å². The molecule has 3 heterocycles. The molecule has 1 aliphatic carbocycles. The summed E-state index contributed by atoms with van der Waals surface area (Å²) in [7, 11) is 0. The highest BCUT2D eigenvalue weighted by Crippen LogP contribution is 2.44. The highest BCUT2D eigenvalue weighted by molar-refractivity contribution is 5.75. The Morgan fingerprint density at radius 2 is 2.00 bits per heavy atom. The zero-order chi connectivity index (χ0) is 18.9. The van der Waals surface area contributed by atoms with E-state index in [0.717, 1.165) is 31.3 Å². The number of hydrogen-bond acceptors (Lipinski definition) is 2. The van der Waals surface area contributed by atoms with Crippen molar-refractivity contribution in [3.05, 3.63) is 47.5 Å². The van der Waals surface area contributed by atoms with Crippen LogP contribution in [0.2, 0.25) is 0 Å². The minimum absolute atomic E-state index is 0.144. The van der Waals surface area contributed by atoms with Gasteiger partial charge in [0.1, 0.15) is 0 Å². The van der Waals surface area contributed by atoms with Gasteiger partial charge in [-0.1, -0.05) is 48.4 Å². The summed E-state index contributed by atoms with van der Waals surface area (Å²) in [5.74, 6) is 1.35. The number of fused-ring (bicyclic) bond motifs is 6. The summed E-state index contributed by atoms with van der Waals surface area (Å²) >= 11 is 0. The van der Waals surface area contributed by atoms with Crippen molar-refractivity contribution >= 4 is 6.03 Å². The number of urea groups is 1. The quantitative estimate of drug-likeness (QED) is 0.810. The van der Waals surface area contributed by atoms with E-state index >= 15 is 0 Å². The zero-order valence-electron chi connectivity index (χ0n) is 16.9. The van der Waals surface area contributed by atoms with E-state index in [2.05, 4.69) is 45.5 Å². The van der Waals surface area contributed by atoms with Crippen molar-refractivity contribution in [2.24, 2.45) is 11.8 Å². The Bertz CT molecular complexity index is 731. The lowest BCUT2D eigenvalue weighted by atomic mass is 9.68. The summed E-state index contributed by atoms with van der Waals surface area (Å²) in [4.78, 5) is 18.0. The minimum atomic E-state index is 0.144. The molecule has 1 aromatic rings. The second-order valence-electron chi connectivity index (χ2n) is 9.17. The summed E-state index contributed by atoms with van der Waals surface area (Å²) < 4.78 is 0. The average molecular weight is 380 g/mol. The number of likely N-dealkylation sites (tertiary alicyclic amines) is 1. The van der Waals surface area contributed by atoms with Gasteiger partial charge in [0.25, 0.3) is 0 Å². The van der Waals surface area contributed by atoms with Gasteiger partial charge in [-0.15, -0.1) is 0 Å². The third kappa shape index (κ3) is 3.47. The second kappa shape index (κ2) is 7.90. The van der Waals surface area contributed by atoms with Gasteiger partial charge in [0.05, 0.1) is 6.04 Å². The van der Waals surface area contributed by atoms with Crippen molar-refractivity contribution in [1.29, 1.82) is 0 Å². The standard InChI is InChI=1S/C24H33N3O/c28-24(25-12-11-18-7-2-1-3-8-18)27-14-6-9-19-15-20-16-21(23(19)27)17-26-13-5-4-10-22(20)26/h1-3,7-8,15,20-23H,4-6,9-14,16-17H2,(H,25,28). The molecule has 3 fully saturated rings. The van der Waals surface area contributed by atoms with Gasteiger partial charge >= 0.3 is 6.03 Å². The van der Waals surface area contributed by atoms with Crippen LogP contribution in [0, 0.1) is 11.8 Å². The normalized spacial score (nSPS) is 32.1. The predicted molar refractivity (Wildman–Crippen MR) is 112 cm³/mol. The molecule has 1 N–H and O–H groups in total. The fourth-order valence-electron chi connectivity index (χ4n) is 6.26. The second-order valence-corrected chi connectivity index (χ2v) is 9.17. The van der Waals surface area contributed by atoms with E-state index in [9.17, 15) is 4.79 Å². The van der Waals surface area contributed by atoms with E-state index in [4.69, 9.17) is 0 Å². The molecule has 150 valence electrons. The Kier molecular flexibility index (Phi) is 5.15. The van der Waals surface area contributed by atoms with Gasteiger partial charge in [-0.25, -0.2) is 4.79 Å². The first-order chi connectivity index (χ1) is 13.8. The molecule has 1 aromatic carbocycles. The first-order valence-electron chi connectivity index (χ1n) is 11.3. The van der Waals surface area contributed by atoms with Gasteiger partial charge in [-0.3, -0.25) is 4.90 Å². The zero-order valence-corrected chi connectivity index (χ0v) is 16.9. The van der Waals surface area contributed by atoms with Crippen molar-refractivity contribution in [1.82, 2.24) is 15.1 Å². The lowest BCUT2D eigenvalue weighted by Gasteiger charge is -2.54. The summed E-state index contributed by atoms with van der Waals surface area (Å²) in [6, 6.07) is 11.7. The van der Waals surface area contributed by atoms with Crippen LogP contribution in [0.1, 0.15) is 44.1 Å². The summed E-state index contributed by atoms with van der Waals surface area (Å²) in [6.45, 7) is 4.07. The molecular formula is C24H33N3O. The molecule has 3 aliphatic heterocycles. The highest BCUT2D eigenvalue weighted by Gasteiger charge is 2.46. The van der Waals surface area contributed by atoms with Crippen molar-refractivity contribution < 1.29 is 4.79 Å². The Morgan fingerprint density at radius 1 is 1.11 bits per heavy atom. The molecule has 4 aliphatic rings. The molecule has 0 saturated carbocycles. The molecule has 4 atom stereocenters. The molecule has 4 nitrogen and oxygen atoms in total.